The number of phenolic OH excluding ortho intramolecular Hbond substituents is 1. The molecular formula is C32H46ClN3O5. The van der Waals surface area contributed by atoms with E-state index in [0.717, 1.165) is 31.2 Å². The number of hydrogen-bond donors (Lipinski definition) is 3. The summed E-state index contributed by atoms with van der Waals surface area (Å²) in [6.07, 6.45) is 3.92. The summed E-state index contributed by atoms with van der Waals surface area (Å²) < 4.78 is 5.44. The summed E-state index contributed by atoms with van der Waals surface area (Å²) in [5.74, 6) is -1.39. The number of aromatic hydroxyl groups is 1. The molecule has 0 bridgehead atoms. The minimum Gasteiger partial charge on any atom is -0.508 e. The van der Waals surface area contributed by atoms with Crippen molar-refractivity contribution in [2.24, 2.45) is 5.92 Å². The Bertz CT molecular complexity index is 1160. The molecule has 0 aliphatic rings. The van der Waals surface area contributed by atoms with E-state index in [9.17, 15) is 19.5 Å². The molecule has 3 N–H and O–H groups in total. The molecular weight excluding hydrogens is 542 g/mol. The van der Waals surface area contributed by atoms with Crippen molar-refractivity contribution in [1.29, 1.82) is 0 Å². The van der Waals surface area contributed by atoms with Crippen LogP contribution < -0.4 is 10.6 Å². The molecule has 0 spiro atoms. The highest BCUT2D eigenvalue weighted by Gasteiger charge is 2.38. The zero-order valence-corrected chi connectivity index (χ0v) is 26.2. The molecule has 0 saturated heterocycles. The lowest BCUT2D eigenvalue weighted by molar-refractivity contribution is -0.141. The number of benzene rings is 2. The van der Waals surface area contributed by atoms with Gasteiger partial charge in [-0.15, -0.1) is 0 Å². The van der Waals surface area contributed by atoms with E-state index in [-0.39, 0.29) is 23.8 Å². The number of phenols is 1. The highest BCUT2D eigenvalue weighted by Crippen LogP contribution is 2.33. The Morgan fingerprint density at radius 2 is 1.66 bits per heavy atom. The first-order valence-electron chi connectivity index (χ1n) is 14.4. The second-order valence-electron chi connectivity index (χ2n) is 11.7. The summed E-state index contributed by atoms with van der Waals surface area (Å²) in [5.41, 5.74) is 0.711. The number of para-hydroxylation sites is 2. The number of aryl methyl sites for hydroxylation is 1. The number of unbranched alkanes of at least 4 members (excludes halogenated alkanes) is 4. The number of amides is 3. The van der Waals surface area contributed by atoms with Crippen LogP contribution in [0.15, 0.2) is 42.5 Å². The summed E-state index contributed by atoms with van der Waals surface area (Å²) in [4.78, 5) is 42.6. The van der Waals surface area contributed by atoms with Gasteiger partial charge in [0.15, 0.2) is 0 Å². The van der Waals surface area contributed by atoms with Gasteiger partial charge in [0.2, 0.25) is 5.91 Å². The van der Waals surface area contributed by atoms with Crippen LogP contribution in [0.4, 0.5) is 10.5 Å². The monoisotopic (exact) mass is 587 g/mol. The first kappa shape index (κ1) is 33.9. The van der Waals surface area contributed by atoms with Crippen molar-refractivity contribution in [3.63, 3.8) is 0 Å². The minimum absolute atomic E-state index is 0.117. The zero-order chi connectivity index (χ0) is 30.7. The predicted molar refractivity (Wildman–Crippen MR) is 164 cm³/mol. The maximum absolute atomic E-state index is 14.3. The first-order valence-corrected chi connectivity index (χ1v) is 14.8. The van der Waals surface area contributed by atoms with Gasteiger partial charge in [-0.05, 0) is 57.7 Å². The predicted octanol–water partition coefficient (Wildman–Crippen LogP) is 7.38. The van der Waals surface area contributed by atoms with Crippen molar-refractivity contribution in [2.45, 2.75) is 98.3 Å². The second kappa shape index (κ2) is 15.7. The Labute approximate surface area is 249 Å². The lowest BCUT2D eigenvalue weighted by atomic mass is 9.97. The van der Waals surface area contributed by atoms with Crippen LogP contribution in [0.2, 0.25) is 5.02 Å². The zero-order valence-electron chi connectivity index (χ0n) is 25.4. The van der Waals surface area contributed by atoms with Gasteiger partial charge < -0.3 is 25.4 Å². The average Bonchev–Trinajstić information content (AvgIpc) is 2.88. The van der Waals surface area contributed by atoms with E-state index in [1.54, 1.807) is 51.1 Å². The molecule has 0 fully saturated rings. The van der Waals surface area contributed by atoms with E-state index in [4.69, 9.17) is 16.3 Å². The smallest absolute Gasteiger partial charge is 0.408 e. The van der Waals surface area contributed by atoms with Crippen LogP contribution in [0.5, 0.6) is 5.75 Å². The van der Waals surface area contributed by atoms with Gasteiger partial charge in [0, 0.05) is 12.1 Å². The average molecular weight is 588 g/mol. The Morgan fingerprint density at radius 3 is 2.24 bits per heavy atom. The summed E-state index contributed by atoms with van der Waals surface area (Å²) >= 11 is 6.43. The van der Waals surface area contributed by atoms with Crippen molar-refractivity contribution < 1.29 is 24.2 Å². The number of halogens is 1. The highest BCUT2D eigenvalue weighted by molar-refractivity contribution is 6.34. The van der Waals surface area contributed by atoms with Gasteiger partial charge in [-0.3, -0.25) is 9.59 Å². The van der Waals surface area contributed by atoms with E-state index >= 15 is 0 Å². The molecule has 41 heavy (non-hydrogen) atoms. The Hall–Kier alpha value is -3.26. The third-order valence-electron chi connectivity index (χ3n) is 6.65. The number of anilines is 1. The molecule has 0 saturated carbocycles. The SMILES string of the molecule is CCCCCCCN(C(=O)C(NC(=O)OC(C)(C)C)C(C)C)C(C(=O)Nc1c(C)cccc1Cl)c1ccccc1O. The topological polar surface area (TPSA) is 108 Å². The third-order valence-corrected chi connectivity index (χ3v) is 6.97. The molecule has 2 atom stereocenters. The second-order valence-corrected chi connectivity index (χ2v) is 12.1. The molecule has 0 aliphatic carbocycles. The van der Waals surface area contributed by atoms with Gasteiger partial charge in [0.05, 0.1) is 10.7 Å². The van der Waals surface area contributed by atoms with Crippen molar-refractivity contribution in [3.8, 4) is 5.75 Å². The molecule has 2 unspecified atom stereocenters. The standard InChI is InChI=1S/C32H46ClN3O5/c1-8-9-10-11-14-20-36(30(39)26(21(2)3)35-31(40)41-32(5,6)7)28(23-17-12-13-19-25(23)37)29(38)34-27-22(4)16-15-18-24(27)33/h12-13,15-19,21,26,28,37H,8-11,14,20H2,1-7H3,(H,34,38)(H,35,40). The van der Waals surface area contributed by atoms with E-state index < -0.39 is 35.6 Å². The molecule has 2 aromatic carbocycles. The van der Waals surface area contributed by atoms with Crippen molar-refractivity contribution in [3.05, 3.63) is 58.6 Å². The number of nitrogens with one attached hydrogen (secondary N) is 2. The van der Waals surface area contributed by atoms with Crippen LogP contribution >= 0.6 is 11.6 Å². The maximum Gasteiger partial charge on any atom is 0.408 e. The molecule has 9 heteroatoms. The molecule has 0 heterocycles. The van der Waals surface area contributed by atoms with Crippen LogP contribution in [0, 0.1) is 12.8 Å². The Balaban J connectivity index is 2.57. The molecule has 8 nitrogen and oxygen atoms in total. The van der Waals surface area contributed by atoms with Crippen LogP contribution in [-0.2, 0) is 14.3 Å². The number of ether oxygens (including phenoxy) is 1. The van der Waals surface area contributed by atoms with Gasteiger partial charge in [0.1, 0.15) is 23.4 Å². The van der Waals surface area contributed by atoms with E-state index in [1.807, 2.05) is 26.8 Å². The van der Waals surface area contributed by atoms with Crippen molar-refractivity contribution in [2.75, 3.05) is 11.9 Å². The largest absolute Gasteiger partial charge is 0.508 e. The quantitative estimate of drug-likeness (QED) is 0.212. The molecule has 226 valence electrons. The normalized spacial score (nSPS) is 12.9. The number of alkyl carbamates (subject to hydrolysis) is 1. The van der Waals surface area contributed by atoms with Crippen molar-refractivity contribution in [1.82, 2.24) is 10.2 Å². The summed E-state index contributed by atoms with van der Waals surface area (Å²) in [7, 11) is 0. The Morgan fingerprint density at radius 1 is 1.00 bits per heavy atom. The molecule has 2 rings (SSSR count). The first-order chi connectivity index (χ1) is 19.3. The molecule has 0 radical (unpaired) electrons. The molecule has 0 aliphatic heterocycles. The van der Waals surface area contributed by atoms with Gasteiger partial charge in [-0.1, -0.05) is 88.4 Å². The summed E-state index contributed by atoms with van der Waals surface area (Å²) in [5, 5.41) is 16.9. The van der Waals surface area contributed by atoms with E-state index in [1.165, 1.54) is 11.0 Å². The fraction of sp³-hybridized carbons (Fsp3) is 0.531. The van der Waals surface area contributed by atoms with Crippen LogP contribution in [0.25, 0.3) is 0 Å². The number of carbonyl (C=O) groups is 3. The van der Waals surface area contributed by atoms with Crippen molar-refractivity contribution >= 4 is 35.2 Å². The summed E-state index contributed by atoms with van der Waals surface area (Å²) in [6.45, 7) is 13.1. The number of rotatable bonds is 13. The van der Waals surface area contributed by atoms with E-state index in [2.05, 4.69) is 17.6 Å². The van der Waals surface area contributed by atoms with Crippen LogP contribution in [0.1, 0.15) is 90.8 Å². The molecule has 2 aromatic rings. The van der Waals surface area contributed by atoms with Gasteiger partial charge in [-0.2, -0.15) is 0 Å². The number of hydrogen-bond acceptors (Lipinski definition) is 5. The maximum atomic E-state index is 14.3. The minimum atomic E-state index is -1.19. The number of nitrogens with zero attached hydrogens (tertiary/aromatic N) is 1. The fourth-order valence-electron chi connectivity index (χ4n) is 4.53. The van der Waals surface area contributed by atoms with Crippen LogP contribution in [0.3, 0.4) is 0 Å². The van der Waals surface area contributed by atoms with Gasteiger partial charge in [0.25, 0.3) is 5.91 Å². The highest BCUT2D eigenvalue weighted by atomic mass is 35.5. The third kappa shape index (κ3) is 10.3. The van der Waals surface area contributed by atoms with E-state index in [0.29, 0.717) is 17.1 Å². The summed E-state index contributed by atoms with van der Waals surface area (Å²) in [6, 6.07) is 9.61. The molecule has 3 amide bonds. The lowest BCUT2D eigenvalue weighted by Crippen LogP contribution is -2.54. The van der Waals surface area contributed by atoms with Gasteiger partial charge in [-0.25, -0.2) is 4.79 Å². The number of carbonyl (C=O) groups excluding carboxylic acids is 3. The lowest BCUT2D eigenvalue weighted by Gasteiger charge is -2.36. The fourth-order valence-corrected chi connectivity index (χ4v) is 4.80. The van der Waals surface area contributed by atoms with Gasteiger partial charge >= 0.3 is 6.09 Å². The Kier molecular flexibility index (Phi) is 13.0. The molecule has 0 aromatic heterocycles. The van der Waals surface area contributed by atoms with Crippen LogP contribution in [-0.4, -0.2) is 46.1 Å².